The summed E-state index contributed by atoms with van der Waals surface area (Å²) >= 11 is 1.80. The molecule has 0 saturated heterocycles. The molecular formula is C26H24N4O3S. The summed E-state index contributed by atoms with van der Waals surface area (Å²) in [4.78, 5) is 21.5. The predicted octanol–water partition coefficient (Wildman–Crippen LogP) is 5.38. The average Bonchev–Trinajstić information content (AvgIpc) is 3.30. The number of nitrogens with one attached hydrogen (secondary N) is 1. The lowest BCUT2D eigenvalue weighted by Crippen LogP contribution is -2.29. The van der Waals surface area contributed by atoms with E-state index in [0.29, 0.717) is 29.6 Å². The zero-order valence-corrected chi connectivity index (χ0v) is 19.5. The van der Waals surface area contributed by atoms with Crippen LogP contribution in [0.3, 0.4) is 0 Å². The fourth-order valence-corrected chi connectivity index (χ4v) is 4.91. The molecule has 4 aromatic rings. The highest BCUT2D eigenvalue weighted by atomic mass is 32.2. The molecule has 1 amide bonds. The lowest BCUT2D eigenvalue weighted by Gasteiger charge is -2.32. The smallest absolute Gasteiger partial charge is 0.251 e. The number of amides is 1. The molecule has 0 unspecified atom stereocenters. The van der Waals surface area contributed by atoms with Crippen LogP contribution in [0.4, 0.5) is 11.4 Å². The molecule has 3 aromatic carbocycles. The number of hydrogen-bond acceptors (Lipinski definition) is 7. The molecule has 1 aromatic heterocycles. The number of benzene rings is 3. The summed E-state index contributed by atoms with van der Waals surface area (Å²) in [6, 6.07) is 23.9. The molecule has 5 rings (SSSR count). The molecule has 1 N–H and O–H groups in total. The van der Waals surface area contributed by atoms with Gasteiger partial charge in [-0.25, -0.2) is 0 Å². The van der Waals surface area contributed by atoms with Gasteiger partial charge >= 0.3 is 0 Å². The van der Waals surface area contributed by atoms with E-state index in [1.54, 1.807) is 43.0 Å². The summed E-state index contributed by atoms with van der Waals surface area (Å²) in [7, 11) is 0. The van der Waals surface area contributed by atoms with Gasteiger partial charge in [0.2, 0.25) is 11.7 Å². The van der Waals surface area contributed by atoms with Crippen LogP contribution in [-0.2, 0) is 6.61 Å². The molecule has 8 heteroatoms. The van der Waals surface area contributed by atoms with Gasteiger partial charge in [-0.3, -0.25) is 4.79 Å². The number of ether oxygens (including phenoxy) is 1. The minimum atomic E-state index is -0.102. The number of rotatable bonds is 8. The topological polar surface area (TPSA) is 80.5 Å². The van der Waals surface area contributed by atoms with Crippen molar-refractivity contribution >= 4 is 29.0 Å². The van der Waals surface area contributed by atoms with E-state index in [9.17, 15) is 4.79 Å². The molecule has 34 heavy (non-hydrogen) atoms. The van der Waals surface area contributed by atoms with Crippen molar-refractivity contribution in [3.8, 4) is 5.75 Å². The largest absolute Gasteiger partial charge is 0.485 e. The molecule has 0 saturated carbocycles. The summed E-state index contributed by atoms with van der Waals surface area (Å²) in [6.07, 6.45) is 0.824. The van der Waals surface area contributed by atoms with Crippen molar-refractivity contribution < 1.29 is 14.1 Å². The van der Waals surface area contributed by atoms with Crippen molar-refractivity contribution in [3.05, 3.63) is 90.1 Å². The molecule has 0 aliphatic carbocycles. The monoisotopic (exact) mass is 472 g/mol. The standard InChI is InChI=1S/C26H24N4O3S/c1-18-28-25(29-33-18)17-32-20-13-11-19(12-14-20)26(31)27-15-6-16-30-21-7-2-4-9-23(21)34-24-10-5-3-8-22(24)30/h2-5,7-14H,6,15-17H2,1H3,(H,27,31). The summed E-state index contributed by atoms with van der Waals surface area (Å²) in [5.74, 6) is 1.52. The number of para-hydroxylation sites is 2. The van der Waals surface area contributed by atoms with Crippen LogP contribution in [0.2, 0.25) is 0 Å². The molecule has 0 bridgehead atoms. The third-order valence-electron chi connectivity index (χ3n) is 5.43. The second-order valence-electron chi connectivity index (χ2n) is 7.84. The molecule has 0 fully saturated rings. The van der Waals surface area contributed by atoms with Crippen LogP contribution >= 0.6 is 11.8 Å². The van der Waals surface area contributed by atoms with E-state index in [-0.39, 0.29) is 12.5 Å². The van der Waals surface area contributed by atoms with Crippen molar-refractivity contribution in [2.75, 3.05) is 18.0 Å². The van der Waals surface area contributed by atoms with Gasteiger partial charge < -0.3 is 19.5 Å². The van der Waals surface area contributed by atoms with E-state index in [2.05, 4.69) is 68.9 Å². The lowest BCUT2D eigenvalue weighted by atomic mass is 10.2. The number of hydrogen-bond donors (Lipinski definition) is 1. The van der Waals surface area contributed by atoms with Gasteiger partial charge in [-0.15, -0.1) is 0 Å². The zero-order chi connectivity index (χ0) is 23.3. The van der Waals surface area contributed by atoms with Crippen molar-refractivity contribution in [3.63, 3.8) is 0 Å². The molecule has 0 radical (unpaired) electrons. The first-order valence-corrected chi connectivity index (χ1v) is 11.9. The van der Waals surface area contributed by atoms with Crippen LogP contribution < -0.4 is 15.0 Å². The predicted molar refractivity (Wildman–Crippen MR) is 131 cm³/mol. The van der Waals surface area contributed by atoms with Crippen LogP contribution in [0.25, 0.3) is 0 Å². The van der Waals surface area contributed by atoms with Crippen LogP contribution in [0.15, 0.2) is 87.1 Å². The van der Waals surface area contributed by atoms with E-state index in [1.807, 2.05) is 0 Å². The first kappa shape index (κ1) is 22.0. The Morgan fingerprint density at radius 2 is 1.68 bits per heavy atom. The molecule has 2 heterocycles. The van der Waals surface area contributed by atoms with E-state index in [4.69, 9.17) is 9.26 Å². The first-order chi connectivity index (χ1) is 16.7. The van der Waals surface area contributed by atoms with Crippen molar-refractivity contribution in [1.82, 2.24) is 15.5 Å². The lowest BCUT2D eigenvalue weighted by molar-refractivity contribution is 0.0953. The van der Waals surface area contributed by atoms with Crippen LogP contribution in [0.1, 0.15) is 28.5 Å². The molecule has 1 aliphatic heterocycles. The van der Waals surface area contributed by atoms with Gasteiger partial charge in [-0.05, 0) is 55.0 Å². The molecular weight excluding hydrogens is 448 g/mol. The third-order valence-corrected chi connectivity index (χ3v) is 6.56. The Balaban J connectivity index is 1.14. The Morgan fingerprint density at radius 1 is 1.00 bits per heavy atom. The Hall–Kier alpha value is -3.78. The number of anilines is 2. The number of aromatic nitrogens is 2. The minimum absolute atomic E-state index is 0.102. The Kier molecular flexibility index (Phi) is 6.49. The van der Waals surface area contributed by atoms with E-state index in [1.165, 1.54) is 21.2 Å². The maximum atomic E-state index is 12.6. The second-order valence-corrected chi connectivity index (χ2v) is 8.93. The van der Waals surface area contributed by atoms with Gasteiger partial charge in [-0.1, -0.05) is 41.2 Å². The fourth-order valence-electron chi connectivity index (χ4n) is 3.81. The summed E-state index contributed by atoms with van der Waals surface area (Å²) in [5, 5.41) is 6.82. The number of carbonyl (C=O) groups is 1. The fraction of sp³-hybridized carbons (Fsp3) is 0.192. The highest BCUT2D eigenvalue weighted by Gasteiger charge is 2.22. The van der Waals surface area contributed by atoms with Gasteiger partial charge in [0.15, 0.2) is 6.61 Å². The number of fused-ring (bicyclic) bond motifs is 2. The minimum Gasteiger partial charge on any atom is -0.485 e. The number of carbonyl (C=O) groups excluding carboxylic acids is 1. The zero-order valence-electron chi connectivity index (χ0n) is 18.7. The Bertz CT molecular complexity index is 1240. The Labute approximate surface area is 202 Å². The van der Waals surface area contributed by atoms with Gasteiger partial charge in [0.25, 0.3) is 5.91 Å². The van der Waals surface area contributed by atoms with Crippen molar-refractivity contribution in [2.24, 2.45) is 0 Å². The number of nitrogens with zero attached hydrogens (tertiary/aromatic N) is 3. The van der Waals surface area contributed by atoms with Crippen LogP contribution in [-0.4, -0.2) is 29.1 Å². The van der Waals surface area contributed by atoms with Gasteiger partial charge in [-0.2, -0.15) is 4.98 Å². The van der Waals surface area contributed by atoms with Crippen molar-refractivity contribution in [1.29, 1.82) is 0 Å². The SMILES string of the molecule is Cc1nc(COc2ccc(C(=O)NCCCN3c4ccccc4Sc4ccccc43)cc2)no1. The highest BCUT2D eigenvalue weighted by molar-refractivity contribution is 7.99. The maximum absolute atomic E-state index is 12.6. The van der Waals surface area contributed by atoms with E-state index >= 15 is 0 Å². The summed E-state index contributed by atoms with van der Waals surface area (Å²) < 4.78 is 10.6. The quantitative estimate of drug-likeness (QED) is 0.345. The summed E-state index contributed by atoms with van der Waals surface area (Å²) in [5.41, 5.74) is 3.01. The second kappa shape index (κ2) is 10.0. The summed E-state index contributed by atoms with van der Waals surface area (Å²) in [6.45, 7) is 3.34. The Morgan fingerprint density at radius 3 is 2.32 bits per heavy atom. The van der Waals surface area contributed by atoms with Gasteiger partial charge in [0.05, 0.1) is 11.4 Å². The van der Waals surface area contributed by atoms with Gasteiger partial charge in [0, 0.05) is 35.4 Å². The molecule has 0 spiro atoms. The van der Waals surface area contributed by atoms with Crippen LogP contribution in [0, 0.1) is 6.92 Å². The van der Waals surface area contributed by atoms with E-state index in [0.717, 1.165) is 13.0 Å². The van der Waals surface area contributed by atoms with Gasteiger partial charge in [0.1, 0.15) is 5.75 Å². The number of aryl methyl sites for hydroxylation is 1. The normalized spacial score (nSPS) is 12.1. The highest BCUT2D eigenvalue weighted by Crippen LogP contribution is 2.47. The third kappa shape index (κ3) is 4.92. The molecule has 172 valence electrons. The average molecular weight is 473 g/mol. The molecule has 1 aliphatic rings. The first-order valence-electron chi connectivity index (χ1n) is 11.1. The maximum Gasteiger partial charge on any atom is 0.251 e. The molecule has 7 nitrogen and oxygen atoms in total. The van der Waals surface area contributed by atoms with Crippen LogP contribution in [0.5, 0.6) is 5.75 Å². The van der Waals surface area contributed by atoms with Crippen molar-refractivity contribution in [2.45, 2.75) is 29.7 Å². The molecule has 0 atom stereocenters. The van der Waals surface area contributed by atoms with E-state index < -0.39 is 0 Å².